The monoisotopic (exact) mass is 395 g/mol. The average Bonchev–Trinajstić information content (AvgIpc) is 3.24. The first kappa shape index (κ1) is 18.2. The zero-order chi connectivity index (χ0) is 20.2. The van der Waals surface area contributed by atoms with Crippen molar-refractivity contribution in [2.45, 2.75) is 37.6 Å². The van der Waals surface area contributed by atoms with E-state index in [4.69, 9.17) is 5.10 Å². The van der Waals surface area contributed by atoms with Crippen LogP contribution in [0.2, 0.25) is 0 Å². The van der Waals surface area contributed by atoms with Crippen LogP contribution in [0, 0.1) is 0 Å². The third kappa shape index (κ3) is 2.59. The van der Waals surface area contributed by atoms with E-state index in [9.17, 15) is 14.3 Å². The third-order valence-corrected chi connectivity index (χ3v) is 6.04. The van der Waals surface area contributed by atoms with Crippen LogP contribution in [0.15, 0.2) is 36.5 Å². The van der Waals surface area contributed by atoms with Gasteiger partial charge in [-0.1, -0.05) is 25.1 Å². The summed E-state index contributed by atoms with van der Waals surface area (Å²) in [7, 11) is 0. The van der Waals surface area contributed by atoms with Crippen molar-refractivity contribution in [1.82, 2.24) is 20.1 Å². The van der Waals surface area contributed by atoms with E-state index >= 15 is 0 Å². The maximum atomic E-state index is 14.7. The summed E-state index contributed by atoms with van der Waals surface area (Å²) in [6.07, 6.45) is 1.40. The molecule has 7 nitrogen and oxygen atoms in total. The number of hydrogen-bond acceptors (Lipinski definition) is 5. The molecule has 2 aromatic heterocycles. The Balaban J connectivity index is 1.75. The van der Waals surface area contributed by atoms with Gasteiger partial charge >= 0.3 is 0 Å². The van der Waals surface area contributed by atoms with Gasteiger partial charge in [0.15, 0.2) is 5.60 Å². The number of carbonyl (C=O) groups excluding carboxylic acids is 1. The molecule has 0 unspecified atom stereocenters. The Labute approximate surface area is 166 Å². The first-order chi connectivity index (χ1) is 14.0. The number of rotatable bonds is 3. The SMILES string of the molecule is CC[C@]1(O)C(=O)Nc2nccc(-c3nn([C@@H]4CCNC[C@@H]4F)c4ccccc34)c21. The highest BCUT2D eigenvalue weighted by molar-refractivity contribution is 6.07. The van der Waals surface area contributed by atoms with Crippen molar-refractivity contribution in [1.29, 1.82) is 0 Å². The van der Waals surface area contributed by atoms with E-state index in [0.717, 1.165) is 17.4 Å². The Bertz CT molecular complexity index is 1110. The van der Waals surface area contributed by atoms with Crippen molar-refractivity contribution in [3.8, 4) is 11.3 Å². The topological polar surface area (TPSA) is 92.1 Å². The van der Waals surface area contributed by atoms with Crippen molar-refractivity contribution in [3.63, 3.8) is 0 Å². The number of piperidine rings is 1. The number of nitrogens with one attached hydrogen (secondary N) is 2. The van der Waals surface area contributed by atoms with Crippen molar-refractivity contribution in [2.75, 3.05) is 18.4 Å². The largest absolute Gasteiger partial charge is 0.375 e. The number of pyridine rings is 1. The molecule has 3 atom stereocenters. The molecule has 0 radical (unpaired) electrons. The molecule has 0 spiro atoms. The highest BCUT2D eigenvalue weighted by Crippen LogP contribution is 2.44. The Kier molecular flexibility index (Phi) is 4.15. The minimum atomic E-state index is -1.67. The first-order valence-corrected chi connectivity index (χ1v) is 9.90. The second-order valence-electron chi connectivity index (χ2n) is 7.64. The van der Waals surface area contributed by atoms with Gasteiger partial charge in [-0.2, -0.15) is 5.10 Å². The number of carbonyl (C=O) groups is 1. The molecule has 0 saturated carbocycles. The molecule has 5 rings (SSSR count). The summed E-state index contributed by atoms with van der Waals surface area (Å²) in [5, 5.41) is 22.5. The quantitative estimate of drug-likeness (QED) is 0.634. The van der Waals surface area contributed by atoms with Crippen LogP contribution in [0.1, 0.15) is 31.4 Å². The van der Waals surface area contributed by atoms with Crippen LogP contribution in [-0.4, -0.2) is 45.0 Å². The average molecular weight is 395 g/mol. The van der Waals surface area contributed by atoms with Crippen LogP contribution >= 0.6 is 0 Å². The molecule has 0 aliphatic carbocycles. The summed E-state index contributed by atoms with van der Waals surface area (Å²) in [4.78, 5) is 16.7. The fourth-order valence-electron chi connectivity index (χ4n) is 4.46. The Morgan fingerprint density at radius 3 is 2.97 bits per heavy atom. The number of hydrogen-bond donors (Lipinski definition) is 3. The molecule has 1 aromatic carbocycles. The molecule has 3 N–H and O–H groups in total. The molecular weight excluding hydrogens is 373 g/mol. The third-order valence-electron chi connectivity index (χ3n) is 6.04. The van der Waals surface area contributed by atoms with Gasteiger partial charge in [0.25, 0.3) is 5.91 Å². The standard InChI is InChI=1S/C21H22FN5O2/c1-2-21(29)17-13(7-10-24-19(17)25-20(21)28)18-12-5-3-4-6-15(12)27(26-18)16-8-9-23-11-14(16)22/h3-7,10,14,16,23,29H,2,8-9,11H2,1H3,(H,24,25,28)/t14-,16+,21+/m0/s1. The highest BCUT2D eigenvalue weighted by atomic mass is 19.1. The summed E-state index contributed by atoms with van der Waals surface area (Å²) >= 11 is 0. The second-order valence-corrected chi connectivity index (χ2v) is 7.64. The molecule has 29 heavy (non-hydrogen) atoms. The minimum absolute atomic E-state index is 0.212. The van der Waals surface area contributed by atoms with E-state index < -0.39 is 17.7 Å². The van der Waals surface area contributed by atoms with E-state index in [1.807, 2.05) is 24.3 Å². The van der Waals surface area contributed by atoms with Gasteiger partial charge in [-0.15, -0.1) is 0 Å². The van der Waals surface area contributed by atoms with E-state index in [2.05, 4.69) is 15.6 Å². The summed E-state index contributed by atoms with van der Waals surface area (Å²) < 4.78 is 16.5. The predicted octanol–water partition coefficient (Wildman–Crippen LogP) is 2.52. The number of aromatic nitrogens is 3. The number of para-hydroxylation sites is 1. The molecule has 2 aliphatic rings. The van der Waals surface area contributed by atoms with Crippen molar-refractivity contribution in [2.24, 2.45) is 0 Å². The van der Waals surface area contributed by atoms with E-state index in [1.165, 1.54) is 0 Å². The number of benzene rings is 1. The van der Waals surface area contributed by atoms with Crippen LogP contribution in [0.25, 0.3) is 22.2 Å². The molecular formula is C21H22FN5O2. The lowest BCUT2D eigenvalue weighted by molar-refractivity contribution is -0.133. The number of aliphatic hydroxyl groups is 1. The Morgan fingerprint density at radius 1 is 1.34 bits per heavy atom. The number of amides is 1. The lowest BCUT2D eigenvalue weighted by atomic mass is 9.88. The zero-order valence-electron chi connectivity index (χ0n) is 16.0. The van der Waals surface area contributed by atoms with Crippen molar-refractivity contribution >= 4 is 22.6 Å². The number of halogens is 1. The summed E-state index contributed by atoms with van der Waals surface area (Å²) in [5.41, 5.74) is 0.858. The normalized spacial score (nSPS) is 26.5. The molecule has 0 bridgehead atoms. The van der Waals surface area contributed by atoms with Gasteiger partial charge in [0.05, 0.1) is 11.6 Å². The summed E-state index contributed by atoms with van der Waals surface area (Å²) in [6, 6.07) is 9.07. The van der Waals surface area contributed by atoms with Crippen LogP contribution in [0.4, 0.5) is 10.2 Å². The maximum Gasteiger partial charge on any atom is 0.262 e. The lowest BCUT2D eigenvalue weighted by Crippen LogP contribution is -2.39. The molecule has 150 valence electrons. The second kappa shape index (κ2) is 6.60. The van der Waals surface area contributed by atoms with E-state index in [1.54, 1.807) is 23.9 Å². The van der Waals surface area contributed by atoms with Crippen LogP contribution in [-0.2, 0) is 10.4 Å². The maximum absolute atomic E-state index is 14.7. The van der Waals surface area contributed by atoms with Gasteiger partial charge in [-0.3, -0.25) is 9.48 Å². The molecule has 3 aromatic rings. The van der Waals surface area contributed by atoms with Gasteiger partial charge in [0.1, 0.15) is 17.7 Å². The lowest BCUT2D eigenvalue weighted by Gasteiger charge is -2.27. The minimum Gasteiger partial charge on any atom is -0.375 e. The molecule has 1 saturated heterocycles. The molecule has 1 fully saturated rings. The Hall–Kier alpha value is -2.84. The van der Waals surface area contributed by atoms with E-state index in [-0.39, 0.29) is 12.5 Å². The van der Waals surface area contributed by atoms with Crippen molar-refractivity contribution in [3.05, 3.63) is 42.1 Å². The smallest absolute Gasteiger partial charge is 0.262 e. The summed E-state index contributed by atoms with van der Waals surface area (Å²) in [5.74, 6) is -0.137. The number of fused-ring (bicyclic) bond motifs is 2. The van der Waals surface area contributed by atoms with Crippen LogP contribution < -0.4 is 10.6 Å². The van der Waals surface area contributed by atoms with Crippen LogP contribution in [0.3, 0.4) is 0 Å². The van der Waals surface area contributed by atoms with Gasteiger partial charge in [-0.25, -0.2) is 9.37 Å². The first-order valence-electron chi connectivity index (χ1n) is 9.90. The van der Waals surface area contributed by atoms with Crippen LogP contribution in [0.5, 0.6) is 0 Å². The number of nitrogens with zero attached hydrogens (tertiary/aromatic N) is 3. The van der Waals surface area contributed by atoms with Gasteiger partial charge < -0.3 is 15.7 Å². The molecule has 2 aliphatic heterocycles. The fourth-order valence-corrected chi connectivity index (χ4v) is 4.46. The number of anilines is 1. The Morgan fingerprint density at radius 2 is 2.17 bits per heavy atom. The predicted molar refractivity (Wildman–Crippen MR) is 107 cm³/mol. The molecule has 1 amide bonds. The van der Waals surface area contributed by atoms with Gasteiger partial charge in [0.2, 0.25) is 0 Å². The number of alkyl halides is 1. The fraction of sp³-hybridized carbons (Fsp3) is 0.381. The molecule has 4 heterocycles. The zero-order valence-corrected chi connectivity index (χ0v) is 16.0. The van der Waals surface area contributed by atoms with Crippen molar-refractivity contribution < 1.29 is 14.3 Å². The molecule has 8 heteroatoms. The highest BCUT2D eigenvalue weighted by Gasteiger charge is 2.47. The summed E-state index contributed by atoms with van der Waals surface area (Å²) in [6.45, 7) is 2.78. The van der Waals surface area contributed by atoms with Gasteiger partial charge in [-0.05, 0) is 31.5 Å². The van der Waals surface area contributed by atoms with E-state index in [0.29, 0.717) is 35.6 Å². The van der Waals surface area contributed by atoms with Gasteiger partial charge in [0, 0.05) is 29.3 Å².